The zero-order valence-electron chi connectivity index (χ0n) is 9.35. The Hall–Kier alpha value is -2.09. The van der Waals surface area contributed by atoms with Crippen molar-refractivity contribution in [2.45, 2.75) is 31.7 Å². The molecule has 1 aliphatic carbocycles. The number of rotatable bonds is 3. The molecule has 0 saturated heterocycles. The van der Waals surface area contributed by atoms with E-state index in [-0.39, 0.29) is 5.69 Å². The number of nitro benzene ring substituents is 1. The molecule has 0 aliphatic heterocycles. The SMILES string of the molecule is N#Cc1cc([N+](=O)[O-])ccc1NC1CCCC1. The lowest BCUT2D eigenvalue weighted by Gasteiger charge is -2.14. The van der Waals surface area contributed by atoms with Crippen molar-refractivity contribution in [1.82, 2.24) is 0 Å². The van der Waals surface area contributed by atoms with Crippen LogP contribution in [0.15, 0.2) is 18.2 Å². The van der Waals surface area contributed by atoms with Gasteiger partial charge >= 0.3 is 0 Å². The number of nitrogens with one attached hydrogen (secondary N) is 1. The van der Waals surface area contributed by atoms with Crippen molar-refractivity contribution in [3.63, 3.8) is 0 Å². The molecule has 1 N–H and O–H groups in total. The molecule has 0 bridgehead atoms. The third kappa shape index (κ3) is 2.53. The lowest BCUT2D eigenvalue weighted by Crippen LogP contribution is -2.15. The highest BCUT2D eigenvalue weighted by Gasteiger charge is 2.17. The predicted octanol–water partition coefficient (Wildman–Crippen LogP) is 2.82. The molecule has 0 spiro atoms. The normalized spacial score (nSPS) is 15.5. The summed E-state index contributed by atoms with van der Waals surface area (Å²) in [6, 6.07) is 6.76. The van der Waals surface area contributed by atoms with Gasteiger partial charge in [0.1, 0.15) is 6.07 Å². The Morgan fingerprint density at radius 1 is 1.41 bits per heavy atom. The minimum Gasteiger partial charge on any atom is -0.381 e. The predicted molar refractivity (Wildman–Crippen MR) is 63.7 cm³/mol. The molecule has 0 aromatic heterocycles. The first kappa shape index (κ1) is 11.4. The van der Waals surface area contributed by atoms with Crippen LogP contribution in [0.3, 0.4) is 0 Å². The lowest BCUT2D eigenvalue weighted by atomic mass is 10.1. The van der Waals surface area contributed by atoms with Gasteiger partial charge in [-0.25, -0.2) is 0 Å². The number of anilines is 1. The first-order valence-electron chi connectivity index (χ1n) is 5.66. The quantitative estimate of drug-likeness (QED) is 0.640. The van der Waals surface area contributed by atoms with Gasteiger partial charge in [-0.2, -0.15) is 5.26 Å². The van der Waals surface area contributed by atoms with Crippen LogP contribution in [-0.4, -0.2) is 11.0 Å². The molecule has 0 amide bonds. The van der Waals surface area contributed by atoms with Crippen molar-refractivity contribution in [2.24, 2.45) is 0 Å². The minimum absolute atomic E-state index is 0.0430. The highest BCUT2D eigenvalue weighted by atomic mass is 16.6. The van der Waals surface area contributed by atoms with Crippen LogP contribution in [0.4, 0.5) is 11.4 Å². The molecule has 1 fully saturated rings. The van der Waals surface area contributed by atoms with Gasteiger partial charge in [0.25, 0.3) is 5.69 Å². The van der Waals surface area contributed by atoms with Crippen LogP contribution < -0.4 is 5.32 Å². The van der Waals surface area contributed by atoms with Gasteiger partial charge in [-0.3, -0.25) is 10.1 Å². The molecule has 0 radical (unpaired) electrons. The number of nitro groups is 1. The number of nitriles is 1. The Balaban J connectivity index is 2.22. The molecule has 2 rings (SSSR count). The summed E-state index contributed by atoms with van der Waals surface area (Å²) in [7, 11) is 0. The number of hydrogen-bond acceptors (Lipinski definition) is 4. The van der Waals surface area contributed by atoms with Gasteiger partial charge in [-0.15, -0.1) is 0 Å². The highest BCUT2D eigenvalue weighted by Crippen LogP contribution is 2.26. The molecule has 1 saturated carbocycles. The van der Waals surface area contributed by atoms with Crippen LogP contribution in [0.5, 0.6) is 0 Å². The second-order valence-corrected chi connectivity index (χ2v) is 4.22. The number of benzene rings is 1. The highest BCUT2D eigenvalue weighted by molar-refractivity contribution is 5.61. The molecule has 5 nitrogen and oxygen atoms in total. The van der Waals surface area contributed by atoms with E-state index in [1.165, 1.54) is 25.0 Å². The van der Waals surface area contributed by atoms with Crippen molar-refractivity contribution in [2.75, 3.05) is 5.32 Å². The Morgan fingerprint density at radius 3 is 2.71 bits per heavy atom. The van der Waals surface area contributed by atoms with Crippen LogP contribution in [0.2, 0.25) is 0 Å². The van der Waals surface area contributed by atoms with Crippen molar-refractivity contribution in [1.29, 1.82) is 5.26 Å². The van der Waals surface area contributed by atoms with Crippen molar-refractivity contribution >= 4 is 11.4 Å². The van der Waals surface area contributed by atoms with E-state index < -0.39 is 4.92 Å². The van der Waals surface area contributed by atoms with Gasteiger partial charge < -0.3 is 5.32 Å². The summed E-state index contributed by atoms with van der Waals surface area (Å²) in [5.41, 5.74) is 0.995. The fraction of sp³-hybridized carbons (Fsp3) is 0.417. The average molecular weight is 231 g/mol. The number of hydrogen-bond donors (Lipinski definition) is 1. The van der Waals surface area contributed by atoms with Crippen LogP contribution >= 0.6 is 0 Å². The second kappa shape index (κ2) is 4.83. The maximum absolute atomic E-state index is 10.6. The van der Waals surface area contributed by atoms with Crippen LogP contribution in [0, 0.1) is 21.4 Å². The summed E-state index contributed by atoms with van der Waals surface area (Å²) >= 11 is 0. The smallest absolute Gasteiger partial charge is 0.270 e. The summed E-state index contributed by atoms with van der Waals surface area (Å²) in [5.74, 6) is 0. The van der Waals surface area contributed by atoms with Crippen LogP contribution in [0.25, 0.3) is 0 Å². The molecule has 1 aliphatic rings. The average Bonchev–Trinajstić information content (AvgIpc) is 2.82. The second-order valence-electron chi connectivity index (χ2n) is 4.22. The van der Waals surface area contributed by atoms with Crippen LogP contribution in [-0.2, 0) is 0 Å². The van der Waals surface area contributed by atoms with Crippen molar-refractivity contribution in [3.8, 4) is 6.07 Å². The minimum atomic E-state index is -0.486. The maximum atomic E-state index is 10.6. The first-order chi connectivity index (χ1) is 8.20. The largest absolute Gasteiger partial charge is 0.381 e. The topological polar surface area (TPSA) is 79.0 Å². The lowest BCUT2D eigenvalue weighted by molar-refractivity contribution is -0.384. The van der Waals surface area contributed by atoms with Crippen molar-refractivity contribution < 1.29 is 4.92 Å². The van der Waals surface area contributed by atoms with Gasteiger partial charge in [-0.1, -0.05) is 12.8 Å². The summed E-state index contributed by atoms with van der Waals surface area (Å²) in [4.78, 5) is 10.1. The Bertz CT molecular complexity index is 473. The number of nitrogens with zero attached hydrogens (tertiary/aromatic N) is 2. The van der Waals surface area contributed by atoms with E-state index in [0.717, 1.165) is 12.8 Å². The standard InChI is InChI=1S/C12H13N3O2/c13-8-9-7-11(15(16)17)5-6-12(9)14-10-3-1-2-4-10/h5-7,10,14H,1-4H2. The molecule has 1 aromatic rings. The Morgan fingerprint density at radius 2 is 2.12 bits per heavy atom. The van der Waals surface area contributed by atoms with Gasteiger partial charge in [0.05, 0.1) is 16.2 Å². The molecular formula is C12H13N3O2. The van der Waals surface area contributed by atoms with Gasteiger partial charge in [0, 0.05) is 18.2 Å². The third-order valence-electron chi connectivity index (χ3n) is 3.05. The third-order valence-corrected chi connectivity index (χ3v) is 3.05. The fourth-order valence-electron chi connectivity index (χ4n) is 2.15. The van der Waals surface area contributed by atoms with E-state index in [2.05, 4.69) is 5.32 Å². The molecule has 0 heterocycles. The molecule has 5 heteroatoms. The Labute approximate surface area is 99.2 Å². The summed E-state index contributed by atoms with van der Waals surface area (Å²) < 4.78 is 0. The summed E-state index contributed by atoms with van der Waals surface area (Å²) in [6.45, 7) is 0. The van der Waals surface area contributed by atoms with Gasteiger partial charge in [0.15, 0.2) is 0 Å². The van der Waals surface area contributed by atoms with Crippen LogP contribution in [0.1, 0.15) is 31.2 Å². The molecule has 88 valence electrons. The van der Waals surface area contributed by atoms with Gasteiger partial charge in [0.2, 0.25) is 0 Å². The van der Waals surface area contributed by atoms with E-state index in [9.17, 15) is 10.1 Å². The summed E-state index contributed by atoms with van der Waals surface area (Å²) in [5, 5.41) is 22.9. The zero-order valence-corrected chi connectivity index (χ0v) is 9.35. The van der Waals surface area contributed by atoms with E-state index >= 15 is 0 Å². The molecule has 0 atom stereocenters. The van der Waals surface area contributed by atoms with E-state index in [1.807, 2.05) is 6.07 Å². The van der Waals surface area contributed by atoms with Gasteiger partial charge in [-0.05, 0) is 18.9 Å². The fourth-order valence-corrected chi connectivity index (χ4v) is 2.15. The molecule has 17 heavy (non-hydrogen) atoms. The molecular weight excluding hydrogens is 218 g/mol. The van der Waals surface area contributed by atoms with Crippen molar-refractivity contribution in [3.05, 3.63) is 33.9 Å². The Kier molecular flexibility index (Phi) is 3.24. The zero-order chi connectivity index (χ0) is 12.3. The van der Waals surface area contributed by atoms with E-state index in [0.29, 0.717) is 17.3 Å². The van der Waals surface area contributed by atoms with E-state index in [1.54, 1.807) is 6.07 Å². The summed E-state index contributed by atoms with van der Waals surface area (Å²) in [6.07, 6.45) is 4.60. The molecule has 0 unspecified atom stereocenters. The molecule has 1 aromatic carbocycles. The maximum Gasteiger partial charge on any atom is 0.270 e. The number of non-ortho nitro benzene ring substituents is 1. The van der Waals surface area contributed by atoms with E-state index in [4.69, 9.17) is 5.26 Å². The monoisotopic (exact) mass is 231 g/mol. The first-order valence-corrected chi connectivity index (χ1v) is 5.66.